The van der Waals surface area contributed by atoms with Gasteiger partial charge in [-0.3, -0.25) is 14.9 Å². The standard InChI is InChI=1S/C33H39ClN6O4/c1-6-18-44-32(43)39(22(2)33(3,4)5)20-23-9-14-28-27(19-23)36-31(37-30(42)24-10-12-25(34)13-11-24)40(28)21-26-8-7-17-38(26)29(41)15-16-35/h6,9-14,19,22,26H,1,7-8,15,17-18,20-21H2,2-5H3,(H,36,37,42)/t22-,26?/m0/s1. The molecule has 1 fully saturated rings. The molecular formula is C33H39ClN6O4. The van der Waals surface area contributed by atoms with Crippen LogP contribution in [0, 0.1) is 16.7 Å². The van der Waals surface area contributed by atoms with Gasteiger partial charge >= 0.3 is 6.09 Å². The molecule has 0 aliphatic carbocycles. The van der Waals surface area contributed by atoms with Crippen molar-refractivity contribution in [3.8, 4) is 6.07 Å². The highest BCUT2D eigenvalue weighted by Crippen LogP contribution is 2.29. The van der Waals surface area contributed by atoms with E-state index in [1.165, 1.54) is 6.08 Å². The number of carbonyl (C=O) groups excluding carboxylic acids is 3. The molecule has 2 heterocycles. The molecule has 10 nitrogen and oxygen atoms in total. The van der Waals surface area contributed by atoms with Gasteiger partial charge in [-0.25, -0.2) is 9.78 Å². The average molecular weight is 619 g/mol. The Morgan fingerprint density at radius 1 is 1.25 bits per heavy atom. The lowest BCUT2D eigenvalue weighted by Crippen LogP contribution is -2.45. The number of amides is 3. The molecule has 11 heteroatoms. The van der Waals surface area contributed by atoms with Gasteiger partial charge in [0.2, 0.25) is 11.9 Å². The highest BCUT2D eigenvalue weighted by atomic mass is 35.5. The molecule has 0 saturated carbocycles. The molecule has 3 aromatic rings. The van der Waals surface area contributed by atoms with Crippen molar-refractivity contribution in [3.05, 3.63) is 71.3 Å². The number of aromatic nitrogens is 2. The van der Waals surface area contributed by atoms with Crippen LogP contribution in [0.4, 0.5) is 10.7 Å². The highest BCUT2D eigenvalue weighted by molar-refractivity contribution is 6.30. The summed E-state index contributed by atoms with van der Waals surface area (Å²) in [4.78, 5) is 47.2. The van der Waals surface area contributed by atoms with E-state index in [1.807, 2.05) is 35.8 Å². The Morgan fingerprint density at radius 3 is 2.64 bits per heavy atom. The minimum absolute atomic E-state index is 0.112. The van der Waals surface area contributed by atoms with Crippen LogP contribution < -0.4 is 5.32 Å². The van der Waals surface area contributed by atoms with E-state index in [0.29, 0.717) is 41.7 Å². The van der Waals surface area contributed by atoms with Crippen molar-refractivity contribution >= 4 is 46.5 Å². The Balaban J connectivity index is 1.70. The van der Waals surface area contributed by atoms with Crippen molar-refractivity contribution in [2.24, 2.45) is 5.41 Å². The third-order valence-electron chi connectivity index (χ3n) is 8.10. The number of nitrogens with zero attached hydrogens (tertiary/aromatic N) is 5. The van der Waals surface area contributed by atoms with Gasteiger partial charge in [-0.05, 0) is 67.1 Å². The number of nitrogens with one attached hydrogen (secondary N) is 1. The van der Waals surface area contributed by atoms with Crippen LogP contribution >= 0.6 is 11.6 Å². The molecule has 2 atom stereocenters. The number of anilines is 1. The number of fused-ring (bicyclic) bond motifs is 1. The van der Waals surface area contributed by atoms with Gasteiger partial charge in [-0.1, -0.05) is 51.1 Å². The second-order valence-corrected chi connectivity index (χ2v) is 12.5. The van der Waals surface area contributed by atoms with Gasteiger partial charge < -0.3 is 19.1 Å². The minimum atomic E-state index is -0.433. The molecule has 3 amide bonds. The van der Waals surface area contributed by atoms with Gasteiger partial charge in [0.05, 0.1) is 17.1 Å². The number of rotatable bonds is 10. The largest absolute Gasteiger partial charge is 0.445 e. The molecule has 1 aliphatic rings. The molecule has 1 aromatic heterocycles. The molecule has 1 saturated heterocycles. The summed E-state index contributed by atoms with van der Waals surface area (Å²) >= 11 is 6.01. The normalized spacial score (nSPS) is 15.5. The van der Waals surface area contributed by atoms with Crippen LogP contribution in [-0.2, 0) is 22.6 Å². The van der Waals surface area contributed by atoms with Gasteiger partial charge in [0.1, 0.15) is 13.0 Å². The number of halogens is 1. The third-order valence-corrected chi connectivity index (χ3v) is 8.35. The van der Waals surface area contributed by atoms with Crippen molar-refractivity contribution in [2.75, 3.05) is 18.5 Å². The predicted octanol–water partition coefficient (Wildman–Crippen LogP) is 6.41. The summed E-state index contributed by atoms with van der Waals surface area (Å²) in [6.07, 6.45) is 2.53. The van der Waals surface area contributed by atoms with E-state index in [-0.39, 0.29) is 42.3 Å². The molecular weight excluding hydrogens is 580 g/mol. The predicted molar refractivity (Wildman–Crippen MR) is 170 cm³/mol. The summed E-state index contributed by atoms with van der Waals surface area (Å²) in [5, 5.41) is 12.5. The lowest BCUT2D eigenvalue weighted by Gasteiger charge is -2.37. The molecule has 0 bridgehead atoms. The summed E-state index contributed by atoms with van der Waals surface area (Å²) in [7, 11) is 0. The van der Waals surface area contributed by atoms with Gasteiger partial charge in [-0.15, -0.1) is 0 Å². The molecule has 232 valence electrons. The van der Waals surface area contributed by atoms with E-state index >= 15 is 0 Å². The zero-order chi connectivity index (χ0) is 32.0. The number of likely N-dealkylation sites (tertiary alicyclic amines) is 1. The first kappa shape index (κ1) is 32.6. The SMILES string of the molecule is C=CCOC(=O)N(Cc1ccc2c(c1)nc(NC(=O)c1ccc(Cl)cc1)n2CC1CCCN1C(=O)CC#N)[C@@H](C)C(C)(C)C. The maximum absolute atomic E-state index is 13.2. The molecule has 1 aliphatic heterocycles. The summed E-state index contributed by atoms with van der Waals surface area (Å²) in [5.74, 6) is -0.218. The van der Waals surface area contributed by atoms with Gasteiger partial charge in [-0.2, -0.15) is 5.26 Å². The van der Waals surface area contributed by atoms with Crippen molar-refractivity contribution in [3.63, 3.8) is 0 Å². The second kappa shape index (κ2) is 14.0. The number of hydrogen-bond donors (Lipinski definition) is 1. The smallest absolute Gasteiger partial charge is 0.410 e. The Bertz CT molecular complexity index is 1570. The first-order chi connectivity index (χ1) is 20.9. The topological polar surface area (TPSA) is 121 Å². The maximum atomic E-state index is 13.2. The highest BCUT2D eigenvalue weighted by Gasteiger charge is 2.32. The summed E-state index contributed by atoms with van der Waals surface area (Å²) in [6.45, 7) is 13.2. The van der Waals surface area contributed by atoms with Crippen molar-refractivity contribution in [1.29, 1.82) is 5.26 Å². The van der Waals surface area contributed by atoms with Crippen LogP contribution in [0.15, 0.2) is 55.1 Å². The molecule has 0 radical (unpaired) electrons. The minimum Gasteiger partial charge on any atom is -0.445 e. The number of benzene rings is 2. The van der Waals surface area contributed by atoms with Crippen LogP contribution in [0.3, 0.4) is 0 Å². The van der Waals surface area contributed by atoms with E-state index in [0.717, 1.165) is 23.9 Å². The lowest BCUT2D eigenvalue weighted by atomic mass is 9.87. The number of ether oxygens (including phenoxy) is 1. The van der Waals surface area contributed by atoms with Gasteiger partial charge in [0, 0.05) is 42.3 Å². The molecule has 4 rings (SSSR count). The van der Waals surface area contributed by atoms with Gasteiger partial charge in [0.15, 0.2) is 0 Å². The lowest BCUT2D eigenvalue weighted by molar-refractivity contribution is -0.131. The zero-order valence-electron chi connectivity index (χ0n) is 25.7. The maximum Gasteiger partial charge on any atom is 0.410 e. The number of imidazole rings is 1. The van der Waals surface area contributed by atoms with Crippen LogP contribution in [0.5, 0.6) is 0 Å². The Kier molecular flexibility index (Phi) is 10.3. The van der Waals surface area contributed by atoms with Crippen molar-refractivity contribution in [2.45, 2.75) is 72.1 Å². The molecule has 1 unspecified atom stereocenters. The fraction of sp³-hybridized carbons (Fsp3) is 0.424. The fourth-order valence-corrected chi connectivity index (χ4v) is 5.43. The average Bonchev–Trinajstić information content (AvgIpc) is 3.58. The Labute approximate surface area is 263 Å². The van der Waals surface area contributed by atoms with Crippen LogP contribution in [0.25, 0.3) is 11.0 Å². The third kappa shape index (κ3) is 7.58. The number of nitriles is 1. The number of hydrogen-bond acceptors (Lipinski definition) is 6. The Hall–Kier alpha value is -4.36. The van der Waals surface area contributed by atoms with Crippen molar-refractivity contribution in [1.82, 2.24) is 19.4 Å². The van der Waals surface area contributed by atoms with E-state index < -0.39 is 6.09 Å². The van der Waals surface area contributed by atoms with E-state index in [9.17, 15) is 14.4 Å². The first-order valence-electron chi connectivity index (χ1n) is 14.7. The summed E-state index contributed by atoms with van der Waals surface area (Å²) < 4.78 is 7.31. The van der Waals surface area contributed by atoms with Crippen LogP contribution in [0.2, 0.25) is 5.02 Å². The molecule has 1 N–H and O–H groups in total. The van der Waals surface area contributed by atoms with Crippen LogP contribution in [-0.4, -0.2) is 62.5 Å². The molecule has 2 aromatic carbocycles. The quantitative estimate of drug-likeness (QED) is 0.262. The second-order valence-electron chi connectivity index (χ2n) is 12.1. The van der Waals surface area contributed by atoms with Gasteiger partial charge in [0.25, 0.3) is 5.91 Å². The fourth-order valence-electron chi connectivity index (χ4n) is 5.30. The van der Waals surface area contributed by atoms with Crippen molar-refractivity contribution < 1.29 is 19.1 Å². The zero-order valence-corrected chi connectivity index (χ0v) is 26.4. The van der Waals surface area contributed by atoms with E-state index in [2.05, 4.69) is 32.7 Å². The summed E-state index contributed by atoms with van der Waals surface area (Å²) in [6, 6.07) is 14.0. The first-order valence-corrected chi connectivity index (χ1v) is 15.1. The monoisotopic (exact) mass is 618 g/mol. The summed E-state index contributed by atoms with van der Waals surface area (Å²) in [5.41, 5.74) is 2.46. The molecule has 0 spiro atoms. The number of carbonyl (C=O) groups is 3. The Morgan fingerprint density at radius 2 is 1.98 bits per heavy atom. The van der Waals surface area contributed by atoms with E-state index in [1.54, 1.807) is 34.1 Å². The molecule has 44 heavy (non-hydrogen) atoms. The van der Waals surface area contributed by atoms with Crippen LogP contribution in [0.1, 0.15) is 62.9 Å². The van der Waals surface area contributed by atoms with E-state index in [4.69, 9.17) is 26.6 Å².